The lowest BCUT2D eigenvalue weighted by molar-refractivity contribution is 0.0407. The number of Topliss-reactive ketones (excluding diaryl/α,β-unsaturated/α-hetero) is 1. The second-order valence-electron chi connectivity index (χ2n) is 10.4. The first-order chi connectivity index (χ1) is 19.8. The Morgan fingerprint density at radius 1 is 0.750 bits per heavy atom. The van der Waals surface area contributed by atoms with E-state index in [2.05, 4.69) is 82.1 Å². The fourth-order valence-corrected chi connectivity index (χ4v) is 5.98. The first kappa shape index (κ1) is 26.1. The predicted molar refractivity (Wildman–Crippen MR) is 161 cm³/mol. The molecule has 202 valence electrons. The molecule has 4 aromatic carbocycles. The molecule has 4 aromatic rings. The van der Waals surface area contributed by atoms with Crippen LogP contribution in [-0.4, -0.2) is 55.1 Å². The number of morpholine rings is 1. The number of nitrogens with one attached hydrogen (secondary N) is 1. The highest BCUT2D eigenvalue weighted by Crippen LogP contribution is 2.44. The Morgan fingerprint density at radius 3 is 1.98 bits per heavy atom. The van der Waals surface area contributed by atoms with E-state index < -0.39 is 0 Å². The molecule has 2 aliphatic heterocycles. The van der Waals surface area contributed by atoms with Crippen LogP contribution < -0.4 is 5.43 Å². The maximum absolute atomic E-state index is 14.4. The number of rotatable bonds is 8. The Bertz CT molecular complexity index is 1420. The van der Waals surface area contributed by atoms with Gasteiger partial charge < -0.3 is 4.74 Å². The van der Waals surface area contributed by atoms with Gasteiger partial charge in [0, 0.05) is 31.1 Å². The number of carbonyl (C=O) groups excluding carboxylic acids is 1. The summed E-state index contributed by atoms with van der Waals surface area (Å²) in [6.07, 6.45) is 0. The number of carbonyl (C=O) groups is 1. The number of benzene rings is 4. The smallest absolute Gasteiger partial charge is 0.168 e. The summed E-state index contributed by atoms with van der Waals surface area (Å²) in [5.74, 6) is -0.175. The van der Waals surface area contributed by atoms with Crippen molar-refractivity contribution in [3.05, 3.63) is 144 Å². The van der Waals surface area contributed by atoms with Crippen molar-refractivity contribution in [2.75, 3.05) is 44.8 Å². The zero-order valence-electron chi connectivity index (χ0n) is 22.7. The van der Waals surface area contributed by atoms with Gasteiger partial charge in [0.05, 0.1) is 37.1 Å². The minimum absolute atomic E-state index is 0.0687. The van der Waals surface area contributed by atoms with Gasteiger partial charge in [0.25, 0.3) is 0 Å². The lowest BCUT2D eigenvalue weighted by Gasteiger charge is -2.44. The van der Waals surface area contributed by atoms with E-state index >= 15 is 0 Å². The van der Waals surface area contributed by atoms with E-state index in [1.807, 2.05) is 54.6 Å². The minimum atomic E-state index is -0.274. The molecule has 1 saturated heterocycles. The van der Waals surface area contributed by atoms with Crippen molar-refractivity contribution in [1.29, 1.82) is 0 Å². The van der Waals surface area contributed by atoms with Gasteiger partial charge in [0.1, 0.15) is 0 Å². The monoisotopic (exact) mass is 529 g/mol. The van der Waals surface area contributed by atoms with E-state index in [9.17, 15) is 4.79 Å². The highest BCUT2D eigenvalue weighted by Gasteiger charge is 2.41. The molecule has 2 heterocycles. The highest BCUT2D eigenvalue weighted by molar-refractivity contribution is 5.99. The Hall–Kier alpha value is -4.19. The number of para-hydroxylation sites is 1. The van der Waals surface area contributed by atoms with Gasteiger partial charge in [-0.25, -0.2) is 0 Å². The Labute approximate surface area is 236 Å². The maximum Gasteiger partial charge on any atom is 0.168 e. The highest BCUT2D eigenvalue weighted by atomic mass is 16.5. The average Bonchev–Trinajstić information content (AvgIpc) is 3.03. The van der Waals surface area contributed by atoms with Crippen LogP contribution in [-0.2, 0) is 4.74 Å². The Balaban J connectivity index is 1.55. The number of hydrazine groups is 1. The Morgan fingerprint density at radius 2 is 1.32 bits per heavy atom. The van der Waals surface area contributed by atoms with Crippen LogP contribution in [0.25, 0.3) is 5.70 Å². The van der Waals surface area contributed by atoms with Crippen LogP contribution in [0.1, 0.15) is 27.4 Å². The number of anilines is 1. The molecule has 5 heteroatoms. The van der Waals surface area contributed by atoms with Gasteiger partial charge in [0.15, 0.2) is 5.78 Å². The minimum Gasteiger partial charge on any atom is -0.379 e. The van der Waals surface area contributed by atoms with E-state index in [0.29, 0.717) is 6.54 Å². The van der Waals surface area contributed by atoms with Crippen LogP contribution >= 0.6 is 0 Å². The fraction of sp³-hybridized carbons (Fsp3) is 0.229. The van der Waals surface area contributed by atoms with Gasteiger partial charge >= 0.3 is 0 Å². The molecule has 0 aliphatic carbocycles. The summed E-state index contributed by atoms with van der Waals surface area (Å²) in [6, 6.07) is 41.2. The predicted octanol–water partition coefficient (Wildman–Crippen LogP) is 6.36. The van der Waals surface area contributed by atoms with Crippen molar-refractivity contribution in [3.63, 3.8) is 0 Å². The van der Waals surface area contributed by atoms with Crippen molar-refractivity contribution in [1.82, 2.24) is 9.91 Å². The molecule has 0 bridgehead atoms. The number of ketones is 1. The molecule has 40 heavy (non-hydrogen) atoms. The number of nitrogens with zero attached hydrogens (tertiary/aromatic N) is 2. The summed E-state index contributed by atoms with van der Waals surface area (Å²) < 4.78 is 5.69. The zero-order chi connectivity index (χ0) is 27.1. The standard InChI is InChI=1S/C35H35N3O2/c39-35(29-17-9-3-10-18-29)32-26-38(36-30-19-11-4-12-20-30)34(28-15-7-2-8-16-28)31(25-37-21-23-40-24-22-37)33(32)27-13-5-1-6-14-27/h1-20,32-33,36H,21-26H2/t32-,33+/m1/s1. The van der Waals surface area contributed by atoms with Gasteiger partial charge in [-0.1, -0.05) is 109 Å². The molecule has 2 atom stereocenters. The SMILES string of the molecule is O=C(c1ccccc1)[C@@H]1CN(Nc2ccccc2)C(c2ccccc2)=C(CN2CCOCC2)[C@@H]1c1ccccc1. The number of hydrogen-bond acceptors (Lipinski definition) is 5. The normalized spacial score (nSPS) is 19.9. The van der Waals surface area contributed by atoms with Crippen LogP contribution in [0.15, 0.2) is 127 Å². The van der Waals surface area contributed by atoms with Crippen LogP contribution in [0.2, 0.25) is 0 Å². The van der Waals surface area contributed by atoms with Crippen molar-refractivity contribution in [3.8, 4) is 0 Å². The molecule has 2 aliphatic rings. The van der Waals surface area contributed by atoms with Crippen molar-refractivity contribution >= 4 is 17.2 Å². The van der Waals surface area contributed by atoms with E-state index in [1.54, 1.807) is 0 Å². The maximum atomic E-state index is 14.4. The Kier molecular flexibility index (Phi) is 8.03. The zero-order valence-corrected chi connectivity index (χ0v) is 22.7. The van der Waals surface area contributed by atoms with Gasteiger partial charge in [-0.2, -0.15) is 0 Å². The van der Waals surface area contributed by atoms with Crippen LogP contribution in [0.3, 0.4) is 0 Å². The van der Waals surface area contributed by atoms with Gasteiger partial charge in [-0.3, -0.25) is 20.1 Å². The topological polar surface area (TPSA) is 44.8 Å². The number of ether oxygens (including phenoxy) is 1. The summed E-state index contributed by atoms with van der Waals surface area (Å²) >= 11 is 0. The van der Waals surface area contributed by atoms with Gasteiger partial charge in [-0.05, 0) is 28.8 Å². The van der Waals surface area contributed by atoms with Gasteiger partial charge in [-0.15, -0.1) is 0 Å². The molecular formula is C35H35N3O2. The first-order valence-corrected chi connectivity index (χ1v) is 14.1. The van der Waals surface area contributed by atoms with Crippen LogP contribution in [0.4, 0.5) is 5.69 Å². The van der Waals surface area contributed by atoms with Crippen LogP contribution in [0.5, 0.6) is 0 Å². The molecule has 6 rings (SSSR count). The molecule has 5 nitrogen and oxygen atoms in total. The molecule has 0 unspecified atom stereocenters. The second kappa shape index (κ2) is 12.3. The van der Waals surface area contributed by atoms with E-state index in [4.69, 9.17) is 4.74 Å². The third-order valence-electron chi connectivity index (χ3n) is 7.87. The molecule has 0 radical (unpaired) electrons. The van der Waals surface area contributed by atoms with E-state index in [0.717, 1.165) is 55.4 Å². The molecular weight excluding hydrogens is 494 g/mol. The second-order valence-corrected chi connectivity index (χ2v) is 10.4. The molecule has 1 fully saturated rings. The van der Waals surface area contributed by atoms with Crippen molar-refractivity contribution in [2.45, 2.75) is 5.92 Å². The van der Waals surface area contributed by atoms with Gasteiger partial charge in [0.2, 0.25) is 0 Å². The molecule has 0 aromatic heterocycles. The summed E-state index contributed by atoms with van der Waals surface area (Å²) in [5, 5.41) is 2.21. The van der Waals surface area contributed by atoms with E-state index in [1.165, 1.54) is 11.1 Å². The molecule has 0 saturated carbocycles. The third-order valence-corrected chi connectivity index (χ3v) is 7.87. The summed E-state index contributed by atoms with van der Waals surface area (Å²) in [7, 11) is 0. The average molecular weight is 530 g/mol. The molecule has 0 amide bonds. The van der Waals surface area contributed by atoms with Crippen molar-refractivity contribution in [2.24, 2.45) is 5.92 Å². The summed E-state index contributed by atoms with van der Waals surface area (Å²) in [5.41, 5.74) is 10.1. The number of hydrogen-bond donors (Lipinski definition) is 1. The molecule has 1 N–H and O–H groups in total. The quantitative estimate of drug-likeness (QED) is 0.269. The third kappa shape index (κ3) is 5.71. The van der Waals surface area contributed by atoms with Crippen molar-refractivity contribution < 1.29 is 9.53 Å². The lowest BCUT2D eigenvalue weighted by atomic mass is 9.73. The lowest BCUT2D eigenvalue weighted by Crippen LogP contribution is -2.47. The summed E-state index contributed by atoms with van der Waals surface area (Å²) in [6.45, 7) is 4.50. The largest absolute Gasteiger partial charge is 0.379 e. The fourth-order valence-electron chi connectivity index (χ4n) is 5.98. The van der Waals surface area contributed by atoms with E-state index in [-0.39, 0.29) is 17.6 Å². The summed E-state index contributed by atoms with van der Waals surface area (Å²) in [4.78, 5) is 16.8. The first-order valence-electron chi connectivity index (χ1n) is 14.1. The van der Waals surface area contributed by atoms with Crippen LogP contribution in [0, 0.1) is 5.92 Å². The molecule has 0 spiro atoms.